The van der Waals surface area contributed by atoms with E-state index in [1.54, 1.807) is 12.4 Å². The van der Waals surface area contributed by atoms with Gasteiger partial charge in [-0.15, -0.1) is 0 Å². The van der Waals surface area contributed by atoms with Gasteiger partial charge in [0.2, 0.25) is 5.91 Å². The van der Waals surface area contributed by atoms with E-state index in [0.29, 0.717) is 30.7 Å². The minimum absolute atomic E-state index is 0.156. The Bertz CT molecular complexity index is 508. The molecule has 0 spiro atoms. The highest BCUT2D eigenvalue weighted by Crippen LogP contribution is 2.35. The van der Waals surface area contributed by atoms with Crippen molar-refractivity contribution in [3.05, 3.63) is 30.1 Å². The molecule has 1 amide bonds. The monoisotopic (exact) mass is 317 g/mol. The molecule has 2 aliphatic rings. The lowest BCUT2D eigenvalue weighted by Crippen LogP contribution is -2.38. The summed E-state index contributed by atoms with van der Waals surface area (Å²) in [6.07, 6.45) is 5.02. The maximum absolute atomic E-state index is 12.2. The van der Waals surface area contributed by atoms with Gasteiger partial charge in [-0.05, 0) is 48.4 Å². The highest BCUT2D eigenvalue weighted by molar-refractivity contribution is 5.76. The molecule has 0 aromatic carbocycles. The fourth-order valence-corrected chi connectivity index (χ4v) is 3.87. The molecule has 0 bridgehead atoms. The highest BCUT2D eigenvalue weighted by Gasteiger charge is 2.40. The normalized spacial score (nSPS) is 27.6. The number of amides is 1. The molecular formula is C18H27N3O2. The quantitative estimate of drug-likeness (QED) is 0.860. The summed E-state index contributed by atoms with van der Waals surface area (Å²) in [7, 11) is 0. The van der Waals surface area contributed by atoms with Crippen LogP contribution in [0.5, 0.6) is 0 Å². The van der Waals surface area contributed by atoms with Crippen molar-refractivity contribution in [3.63, 3.8) is 0 Å². The largest absolute Gasteiger partial charge is 0.381 e. The number of hydrogen-bond acceptors (Lipinski definition) is 4. The van der Waals surface area contributed by atoms with Gasteiger partial charge in [0.05, 0.1) is 13.2 Å². The van der Waals surface area contributed by atoms with Gasteiger partial charge >= 0.3 is 0 Å². The van der Waals surface area contributed by atoms with Crippen molar-refractivity contribution in [2.45, 2.75) is 19.8 Å². The Kier molecular flexibility index (Phi) is 5.62. The van der Waals surface area contributed by atoms with Crippen molar-refractivity contribution >= 4 is 5.91 Å². The summed E-state index contributed by atoms with van der Waals surface area (Å²) in [6.45, 7) is 7.83. The van der Waals surface area contributed by atoms with Crippen molar-refractivity contribution in [2.75, 3.05) is 39.4 Å². The zero-order valence-corrected chi connectivity index (χ0v) is 13.9. The Morgan fingerprint density at radius 1 is 1.35 bits per heavy atom. The van der Waals surface area contributed by atoms with Crippen LogP contribution in [0.1, 0.15) is 18.9 Å². The molecule has 23 heavy (non-hydrogen) atoms. The number of nitrogens with one attached hydrogen (secondary N) is 1. The van der Waals surface area contributed by atoms with Crippen molar-refractivity contribution in [2.24, 2.45) is 17.8 Å². The van der Waals surface area contributed by atoms with E-state index in [-0.39, 0.29) is 5.91 Å². The van der Waals surface area contributed by atoms with Crippen molar-refractivity contribution in [1.29, 1.82) is 0 Å². The first-order valence-electron chi connectivity index (χ1n) is 8.72. The molecule has 3 rings (SSSR count). The number of carbonyl (C=O) groups excluding carboxylic acids is 1. The SMILES string of the molecule is CCN1C[C@H]2COC[C@H](CC(=O)NCCc3ccncc3)[C@H]2C1. The first-order chi connectivity index (χ1) is 11.3. The Labute approximate surface area is 138 Å². The fourth-order valence-electron chi connectivity index (χ4n) is 3.87. The minimum Gasteiger partial charge on any atom is -0.381 e. The van der Waals surface area contributed by atoms with Crippen LogP contribution in [0.2, 0.25) is 0 Å². The second kappa shape index (κ2) is 7.88. The van der Waals surface area contributed by atoms with Gasteiger partial charge in [0.15, 0.2) is 0 Å². The number of pyridine rings is 1. The lowest BCUT2D eigenvalue weighted by molar-refractivity contribution is -0.124. The van der Waals surface area contributed by atoms with Gasteiger partial charge < -0.3 is 15.0 Å². The lowest BCUT2D eigenvalue weighted by atomic mass is 9.81. The smallest absolute Gasteiger partial charge is 0.220 e. The third kappa shape index (κ3) is 4.30. The summed E-state index contributed by atoms with van der Waals surface area (Å²) in [6, 6.07) is 3.98. The van der Waals surface area contributed by atoms with Crippen molar-refractivity contribution in [1.82, 2.24) is 15.2 Å². The molecule has 5 heteroatoms. The Balaban J connectivity index is 1.44. The molecule has 0 radical (unpaired) electrons. The van der Waals surface area contributed by atoms with E-state index in [4.69, 9.17) is 4.74 Å². The molecule has 1 aromatic heterocycles. The molecule has 0 aliphatic carbocycles. The number of fused-ring (bicyclic) bond motifs is 1. The second-order valence-electron chi connectivity index (χ2n) is 6.73. The summed E-state index contributed by atoms with van der Waals surface area (Å²) in [4.78, 5) is 18.7. The van der Waals surface area contributed by atoms with Crippen LogP contribution in [-0.2, 0) is 16.0 Å². The molecule has 3 heterocycles. The number of carbonyl (C=O) groups is 1. The van der Waals surface area contributed by atoms with Crippen LogP contribution in [0, 0.1) is 17.8 Å². The van der Waals surface area contributed by atoms with Crippen LogP contribution >= 0.6 is 0 Å². The summed E-state index contributed by atoms with van der Waals surface area (Å²) >= 11 is 0. The van der Waals surface area contributed by atoms with Gasteiger partial charge in [-0.2, -0.15) is 0 Å². The van der Waals surface area contributed by atoms with E-state index >= 15 is 0 Å². The summed E-state index contributed by atoms with van der Waals surface area (Å²) in [5.41, 5.74) is 1.20. The number of rotatable bonds is 6. The van der Waals surface area contributed by atoms with Gasteiger partial charge in [0.25, 0.3) is 0 Å². The molecule has 3 atom stereocenters. The minimum atomic E-state index is 0.156. The Morgan fingerprint density at radius 3 is 2.96 bits per heavy atom. The molecule has 5 nitrogen and oxygen atoms in total. The zero-order valence-electron chi connectivity index (χ0n) is 13.9. The number of aromatic nitrogens is 1. The molecule has 1 N–H and O–H groups in total. The predicted octanol–water partition coefficient (Wildman–Crippen LogP) is 1.34. The van der Waals surface area contributed by atoms with Gasteiger partial charge in [-0.25, -0.2) is 0 Å². The average Bonchev–Trinajstić information content (AvgIpc) is 3.00. The lowest BCUT2D eigenvalue weighted by Gasteiger charge is -2.32. The summed E-state index contributed by atoms with van der Waals surface area (Å²) in [5.74, 6) is 1.75. The van der Waals surface area contributed by atoms with Gasteiger partial charge in [-0.3, -0.25) is 9.78 Å². The summed E-state index contributed by atoms with van der Waals surface area (Å²) < 4.78 is 5.75. The van der Waals surface area contributed by atoms with Gasteiger partial charge in [0.1, 0.15) is 0 Å². The highest BCUT2D eigenvalue weighted by atomic mass is 16.5. The Hall–Kier alpha value is -1.46. The van der Waals surface area contributed by atoms with Crippen LogP contribution in [0.4, 0.5) is 0 Å². The van der Waals surface area contributed by atoms with E-state index in [0.717, 1.165) is 39.3 Å². The molecule has 0 saturated carbocycles. The van der Waals surface area contributed by atoms with Gasteiger partial charge in [0, 0.05) is 38.4 Å². The molecule has 2 aliphatic heterocycles. The second-order valence-corrected chi connectivity index (χ2v) is 6.73. The summed E-state index contributed by atoms with van der Waals surface area (Å²) in [5, 5.41) is 3.06. The van der Waals surface area contributed by atoms with Crippen LogP contribution in [0.25, 0.3) is 0 Å². The third-order valence-corrected chi connectivity index (χ3v) is 5.22. The van der Waals surface area contributed by atoms with Crippen molar-refractivity contribution in [3.8, 4) is 0 Å². The molecule has 0 unspecified atom stereocenters. The van der Waals surface area contributed by atoms with Crippen LogP contribution in [0.15, 0.2) is 24.5 Å². The van der Waals surface area contributed by atoms with E-state index in [2.05, 4.69) is 22.1 Å². The number of ether oxygens (including phenoxy) is 1. The fraction of sp³-hybridized carbons (Fsp3) is 0.667. The maximum Gasteiger partial charge on any atom is 0.220 e. The molecule has 1 aromatic rings. The first-order valence-corrected chi connectivity index (χ1v) is 8.72. The van der Waals surface area contributed by atoms with Crippen LogP contribution < -0.4 is 5.32 Å². The maximum atomic E-state index is 12.2. The molecule has 2 saturated heterocycles. The third-order valence-electron chi connectivity index (χ3n) is 5.22. The van der Waals surface area contributed by atoms with E-state index in [9.17, 15) is 4.79 Å². The van der Waals surface area contributed by atoms with Crippen LogP contribution in [0.3, 0.4) is 0 Å². The number of likely N-dealkylation sites (tertiary alicyclic amines) is 1. The number of hydrogen-bond donors (Lipinski definition) is 1. The molecular weight excluding hydrogens is 290 g/mol. The van der Waals surface area contributed by atoms with E-state index in [1.165, 1.54) is 5.56 Å². The topological polar surface area (TPSA) is 54.5 Å². The average molecular weight is 317 g/mol. The molecule has 126 valence electrons. The standard InChI is InChI=1S/C18H27N3O2/c1-2-21-10-16-13-23-12-15(17(16)11-21)9-18(22)20-8-5-14-3-6-19-7-4-14/h3-4,6-7,15-17H,2,5,8-13H2,1H3,(H,20,22)/t15-,16-,17+/m0/s1. The van der Waals surface area contributed by atoms with E-state index < -0.39 is 0 Å². The Morgan fingerprint density at radius 2 is 2.17 bits per heavy atom. The van der Waals surface area contributed by atoms with E-state index in [1.807, 2.05) is 12.1 Å². The van der Waals surface area contributed by atoms with Crippen LogP contribution in [-0.4, -0.2) is 55.2 Å². The van der Waals surface area contributed by atoms with Crippen molar-refractivity contribution < 1.29 is 9.53 Å². The zero-order chi connectivity index (χ0) is 16.1. The molecule has 2 fully saturated rings. The number of nitrogens with zero attached hydrogens (tertiary/aromatic N) is 2. The predicted molar refractivity (Wildman–Crippen MR) is 89.0 cm³/mol. The van der Waals surface area contributed by atoms with Gasteiger partial charge in [-0.1, -0.05) is 6.92 Å². The first kappa shape index (κ1) is 16.4.